The number of nitrogens with one attached hydrogen (secondary N) is 2. The molecular formula is C52H56N8O6S3. The van der Waals surface area contributed by atoms with E-state index >= 15 is 0 Å². The van der Waals surface area contributed by atoms with Gasteiger partial charge in [-0.05, 0) is 85.5 Å². The van der Waals surface area contributed by atoms with Crippen LogP contribution in [0.2, 0.25) is 0 Å². The zero-order valence-corrected chi connectivity index (χ0v) is 41.1. The predicted octanol–water partition coefficient (Wildman–Crippen LogP) is 7.84. The number of carbonyl (C=O) groups excluding carboxylic acids is 3. The quantitative estimate of drug-likeness (QED) is 0.116. The number of hydrogen-bond donors (Lipinski definition) is 2. The Morgan fingerprint density at radius 1 is 0.725 bits per heavy atom. The molecule has 2 aliphatic heterocycles. The molecule has 4 heterocycles. The van der Waals surface area contributed by atoms with E-state index in [9.17, 15) is 33.3 Å². The Labute approximate surface area is 411 Å². The van der Waals surface area contributed by atoms with E-state index in [1.807, 2.05) is 66.4 Å². The molecule has 2 N–H and O–H groups in total. The third kappa shape index (κ3) is 10.6. The number of rotatable bonds is 12. The van der Waals surface area contributed by atoms with E-state index in [1.165, 1.54) is 0 Å². The number of sulfone groups is 1. The molecule has 5 unspecified atom stereocenters. The van der Waals surface area contributed by atoms with E-state index < -0.39 is 15.8 Å². The van der Waals surface area contributed by atoms with Gasteiger partial charge < -0.3 is 25.2 Å². The third-order valence-electron chi connectivity index (χ3n) is 14.2. The van der Waals surface area contributed by atoms with Gasteiger partial charge in [0.15, 0.2) is 9.84 Å². The average molecular weight is 985 g/mol. The van der Waals surface area contributed by atoms with Crippen molar-refractivity contribution in [3.8, 4) is 43.6 Å². The van der Waals surface area contributed by atoms with Gasteiger partial charge in [-0.15, -0.1) is 22.7 Å². The summed E-state index contributed by atoms with van der Waals surface area (Å²) in [7, 11) is -3.04. The molecule has 0 radical (unpaired) electrons. The van der Waals surface area contributed by atoms with Crippen molar-refractivity contribution in [3.05, 3.63) is 100 Å². The number of morpholine rings is 1. The van der Waals surface area contributed by atoms with Crippen LogP contribution in [0.1, 0.15) is 95.0 Å². The number of nitrogens with zero attached hydrogens (tertiary/aromatic N) is 6. The summed E-state index contributed by atoms with van der Waals surface area (Å²) in [5, 5.41) is 26.3. The van der Waals surface area contributed by atoms with Crippen molar-refractivity contribution in [3.63, 3.8) is 0 Å². The van der Waals surface area contributed by atoms with Crippen LogP contribution in [-0.2, 0) is 24.2 Å². The minimum Gasteiger partial charge on any atom is -0.378 e. The van der Waals surface area contributed by atoms with E-state index in [0.717, 1.165) is 97.6 Å². The predicted molar refractivity (Wildman–Crippen MR) is 268 cm³/mol. The molecule has 0 spiro atoms. The van der Waals surface area contributed by atoms with Gasteiger partial charge in [0.2, 0.25) is 11.8 Å². The van der Waals surface area contributed by atoms with Crippen LogP contribution in [0.5, 0.6) is 0 Å². The minimum atomic E-state index is -3.04. The largest absolute Gasteiger partial charge is 0.378 e. The summed E-state index contributed by atoms with van der Waals surface area (Å²) < 4.78 is 29.8. The van der Waals surface area contributed by atoms with Crippen LogP contribution in [-0.4, -0.2) is 105 Å². The fraction of sp³-hybridized carbons (Fsp3) is 0.442. The summed E-state index contributed by atoms with van der Waals surface area (Å²) in [6.07, 6.45) is 5.68. The lowest BCUT2D eigenvalue weighted by molar-refractivity contribution is -0.127. The van der Waals surface area contributed by atoms with Crippen LogP contribution < -0.4 is 15.5 Å². The first kappa shape index (κ1) is 48.1. The van der Waals surface area contributed by atoms with Gasteiger partial charge in [-0.1, -0.05) is 61.7 Å². The number of amides is 3. The molecule has 5 atom stereocenters. The van der Waals surface area contributed by atoms with Crippen LogP contribution in [0, 0.1) is 41.4 Å². The number of aryl methyl sites for hydroxylation is 1. The molecule has 17 heteroatoms. The molecule has 69 heavy (non-hydrogen) atoms. The molecule has 4 fully saturated rings. The second-order valence-corrected chi connectivity index (χ2v) is 22.9. The lowest BCUT2D eigenvalue weighted by Crippen LogP contribution is -2.40. The number of aromatic nitrogens is 2. The van der Waals surface area contributed by atoms with E-state index in [0.29, 0.717) is 51.4 Å². The highest BCUT2D eigenvalue weighted by atomic mass is 32.2. The van der Waals surface area contributed by atoms with Gasteiger partial charge in [-0.25, -0.2) is 18.4 Å². The number of ether oxygens (including phenoxy) is 1. The van der Waals surface area contributed by atoms with Crippen molar-refractivity contribution in [1.82, 2.24) is 25.5 Å². The van der Waals surface area contributed by atoms with Gasteiger partial charge in [-0.2, -0.15) is 10.5 Å². The molecule has 2 aliphatic carbocycles. The third-order valence-corrected chi connectivity index (χ3v) is 18.0. The molecule has 5 aromatic rings. The molecule has 358 valence electrons. The van der Waals surface area contributed by atoms with Gasteiger partial charge in [0.05, 0.1) is 68.9 Å². The highest BCUT2D eigenvalue weighted by Crippen LogP contribution is 2.51. The van der Waals surface area contributed by atoms with Crippen molar-refractivity contribution in [2.75, 3.05) is 68.9 Å². The van der Waals surface area contributed by atoms with Crippen LogP contribution in [0.25, 0.3) is 31.5 Å². The summed E-state index contributed by atoms with van der Waals surface area (Å²) >= 11 is 3.16. The zero-order chi connectivity index (χ0) is 48.1. The van der Waals surface area contributed by atoms with Crippen molar-refractivity contribution >= 4 is 55.9 Å². The first-order valence-corrected chi connectivity index (χ1v) is 27.4. The van der Waals surface area contributed by atoms with Gasteiger partial charge in [-0.3, -0.25) is 14.4 Å². The number of anilines is 1. The second-order valence-electron chi connectivity index (χ2n) is 18.4. The number of benzene rings is 3. The Bertz CT molecular complexity index is 2870. The van der Waals surface area contributed by atoms with Crippen LogP contribution in [0.15, 0.2) is 72.8 Å². The molecule has 9 rings (SSSR count). The van der Waals surface area contributed by atoms with E-state index in [2.05, 4.69) is 45.9 Å². The average Bonchev–Trinajstić information content (AvgIpc) is 4.01. The fourth-order valence-electron chi connectivity index (χ4n) is 10.7. The topological polar surface area (TPSA) is 198 Å². The highest BCUT2D eigenvalue weighted by Gasteiger charge is 2.43. The first-order valence-electron chi connectivity index (χ1n) is 23.9. The highest BCUT2D eigenvalue weighted by molar-refractivity contribution is 7.91. The van der Waals surface area contributed by atoms with Crippen LogP contribution >= 0.6 is 22.7 Å². The van der Waals surface area contributed by atoms with E-state index in [1.54, 1.807) is 22.7 Å². The maximum absolute atomic E-state index is 14.5. The molecule has 2 saturated heterocycles. The maximum Gasteiger partial charge on any atom is 0.254 e. The maximum atomic E-state index is 14.5. The SMILES string of the molecule is Cc1nc(C2CCCC(c3cccc(-c4nc(C5CCCCC5C(=O)NCC#N)c(-c5ccc(N6CCS(=O)(=O)CC6)cc5)s4)c3)C2C(=O)NCC#N)c(-c2ccc(C(=O)N3CCOCC3)cc2)s1. The monoisotopic (exact) mass is 984 g/mol. The first-order chi connectivity index (χ1) is 33.5. The molecule has 2 saturated carbocycles. The summed E-state index contributed by atoms with van der Waals surface area (Å²) in [6.45, 7) is 4.86. The summed E-state index contributed by atoms with van der Waals surface area (Å²) in [4.78, 5) is 57.7. The van der Waals surface area contributed by atoms with Crippen molar-refractivity contribution in [2.24, 2.45) is 11.8 Å². The molecular weight excluding hydrogens is 929 g/mol. The lowest BCUT2D eigenvalue weighted by atomic mass is 9.67. The molecule has 0 bridgehead atoms. The van der Waals surface area contributed by atoms with Gasteiger partial charge in [0, 0.05) is 60.7 Å². The Kier molecular flexibility index (Phi) is 14.9. The van der Waals surface area contributed by atoms with Crippen molar-refractivity contribution in [1.29, 1.82) is 10.5 Å². The minimum absolute atomic E-state index is 0.0236. The molecule has 4 aliphatic rings. The Morgan fingerprint density at radius 2 is 1.35 bits per heavy atom. The van der Waals surface area contributed by atoms with Crippen molar-refractivity contribution < 1.29 is 27.5 Å². The molecule has 3 aromatic carbocycles. The zero-order valence-electron chi connectivity index (χ0n) is 38.7. The van der Waals surface area contributed by atoms with Crippen molar-refractivity contribution in [2.45, 2.75) is 69.6 Å². The normalized spacial score (nSPS) is 22.5. The molecule has 3 amide bonds. The lowest BCUT2D eigenvalue weighted by Gasteiger charge is -2.37. The van der Waals surface area contributed by atoms with Gasteiger partial charge in [0.25, 0.3) is 5.91 Å². The summed E-state index contributed by atoms with van der Waals surface area (Å²) in [5.74, 6) is -1.58. The smallest absolute Gasteiger partial charge is 0.254 e. The van der Waals surface area contributed by atoms with Gasteiger partial charge >= 0.3 is 0 Å². The summed E-state index contributed by atoms with van der Waals surface area (Å²) in [6, 6.07) is 28.3. The standard InChI is InChI=1S/C52H56N8O6S3/c1-33-57-46(47(67-33)34-12-14-36(15-13-34)52(63)60-24-28-66-29-25-60)43-11-5-10-40(44(43)50(62)56-23-21-54)37-6-4-7-38(32-37)51-58-45(41-8-2-3-9-42(41)49(61)55-22-20-53)48(68-51)35-16-18-39(19-17-35)59-26-30-69(64,65)31-27-59/h4,6-7,12-19,32,40-44H,2-3,5,8-11,22-31H2,1H3,(H,55,61)(H,56,62). The Morgan fingerprint density at radius 3 is 2.06 bits per heavy atom. The second kappa shape index (κ2) is 21.3. The Balaban J connectivity index is 1.05. The fourth-order valence-corrected chi connectivity index (χ4v) is 14.1. The number of nitriles is 2. The van der Waals surface area contributed by atoms with E-state index in [-0.39, 0.29) is 66.0 Å². The Hall–Kier alpha value is -5.98. The van der Waals surface area contributed by atoms with Crippen LogP contribution in [0.4, 0.5) is 5.69 Å². The van der Waals surface area contributed by atoms with Crippen LogP contribution in [0.3, 0.4) is 0 Å². The number of hydrogen-bond acceptors (Lipinski definition) is 13. The number of thiazole rings is 2. The molecule has 2 aromatic heterocycles. The number of carbonyl (C=O) groups is 3. The van der Waals surface area contributed by atoms with E-state index in [4.69, 9.17) is 14.7 Å². The van der Waals surface area contributed by atoms with Gasteiger partial charge in [0.1, 0.15) is 18.1 Å². The summed E-state index contributed by atoms with van der Waals surface area (Å²) in [5.41, 5.74) is 7.05. The molecule has 14 nitrogen and oxygen atoms in total.